The number of hydrogen-bond acceptors (Lipinski definition) is 4. The number of rotatable bonds is 3. The minimum atomic E-state index is -0.316. The molecule has 108 valence electrons. The number of nitrogens with zero attached hydrogens (tertiary/aromatic N) is 2. The highest BCUT2D eigenvalue weighted by atomic mass is 35.5. The predicted molar refractivity (Wildman–Crippen MR) is 75.9 cm³/mol. The first-order chi connectivity index (χ1) is 8.56. The molecule has 0 saturated carbocycles. The minimum Gasteiger partial charge on any atom is -0.461 e. The van der Waals surface area contributed by atoms with E-state index >= 15 is 0 Å². The SMILES string of the molecule is CCOC(=O)c1nn(C(C)C)c2c1CNC[C@H]2C.Cl. The number of carbonyl (C=O) groups is 1. The average Bonchev–Trinajstić information content (AvgIpc) is 2.70. The summed E-state index contributed by atoms with van der Waals surface area (Å²) in [6, 6.07) is 0.252. The summed E-state index contributed by atoms with van der Waals surface area (Å²) in [7, 11) is 0. The van der Waals surface area contributed by atoms with Gasteiger partial charge >= 0.3 is 5.97 Å². The lowest BCUT2D eigenvalue weighted by molar-refractivity contribution is 0.0517. The molecule has 5 nitrogen and oxygen atoms in total. The molecule has 0 saturated heterocycles. The first kappa shape index (κ1) is 16.0. The summed E-state index contributed by atoms with van der Waals surface area (Å²) in [5.41, 5.74) is 2.65. The van der Waals surface area contributed by atoms with E-state index in [-0.39, 0.29) is 24.4 Å². The molecular formula is C13H22ClN3O2. The summed E-state index contributed by atoms with van der Waals surface area (Å²) in [5, 5.41) is 7.78. The molecule has 1 aromatic heterocycles. The molecule has 19 heavy (non-hydrogen) atoms. The highest BCUT2D eigenvalue weighted by Crippen LogP contribution is 2.29. The topological polar surface area (TPSA) is 56.1 Å². The van der Waals surface area contributed by atoms with Crippen LogP contribution in [0.5, 0.6) is 0 Å². The minimum absolute atomic E-state index is 0. The lowest BCUT2D eigenvalue weighted by Gasteiger charge is -2.23. The van der Waals surface area contributed by atoms with E-state index in [2.05, 4.69) is 31.2 Å². The van der Waals surface area contributed by atoms with Gasteiger partial charge in [0.25, 0.3) is 0 Å². The number of carbonyl (C=O) groups excluding carboxylic acids is 1. The Labute approximate surface area is 120 Å². The largest absolute Gasteiger partial charge is 0.461 e. The van der Waals surface area contributed by atoms with Crippen molar-refractivity contribution < 1.29 is 9.53 Å². The second kappa shape index (κ2) is 6.39. The summed E-state index contributed by atoms with van der Waals surface area (Å²) in [4.78, 5) is 11.9. The normalized spacial score (nSPS) is 17.8. The third-order valence-corrected chi connectivity index (χ3v) is 3.23. The van der Waals surface area contributed by atoms with E-state index in [4.69, 9.17) is 4.74 Å². The van der Waals surface area contributed by atoms with Crippen molar-refractivity contribution in [3.63, 3.8) is 0 Å². The number of hydrogen-bond donors (Lipinski definition) is 1. The summed E-state index contributed by atoms with van der Waals surface area (Å²) in [6.45, 7) is 10.1. The van der Waals surface area contributed by atoms with Crippen molar-refractivity contribution in [2.45, 2.75) is 46.2 Å². The van der Waals surface area contributed by atoms with Crippen LogP contribution in [0.2, 0.25) is 0 Å². The third-order valence-electron chi connectivity index (χ3n) is 3.23. The van der Waals surface area contributed by atoms with Crippen molar-refractivity contribution in [2.24, 2.45) is 0 Å². The van der Waals surface area contributed by atoms with Gasteiger partial charge in [-0.05, 0) is 20.8 Å². The van der Waals surface area contributed by atoms with Crippen molar-refractivity contribution in [3.05, 3.63) is 17.0 Å². The maximum absolute atomic E-state index is 11.9. The molecule has 0 spiro atoms. The molecule has 6 heteroatoms. The van der Waals surface area contributed by atoms with Gasteiger partial charge < -0.3 is 10.1 Å². The molecule has 0 radical (unpaired) electrons. The van der Waals surface area contributed by atoms with Gasteiger partial charge in [0, 0.05) is 36.3 Å². The van der Waals surface area contributed by atoms with Crippen LogP contribution in [0.3, 0.4) is 0 Å². The lowest BCUT2D eigenvalue weighted by atomic mass is 9.97. The Balaban J connectivity index is 0.00000180. The van der Waals surface area contributed by atoms with Gasteiger partial charge in [0.05, 0.1) is 6.61 Å². The van der Waals surface area contributed by atoms with Crippen molar-refractivity contribution in [1.29, 1.82) is 0 Å². The zero-order valence-corrected chi connectivity index (χ0v) is 12.7. The monoisotopic (exact) mass is 287 g/mol. The predicted octanol–water partition coefficient (Wildman–Crippen LogP) is 2.27. The van der Waals surface area contributed by atoms with Gasteiger partial charge in [-0.3, -0.25) is 4.68 Å². The number of fused-ring (bicyclic) bond motifs is 1. The van der Waals surface area contributed by atoms with Crippen LogP contribution >= 0.6 is 12.4 Å². The van der Waals surface area contributed by atoms with Crippen molar-refractivity contribution in [2.75, 3.05) is 13.2 Å². The van der Waals surface area contributed by atoms with E-state index in [0.29, 0.717) is 24.8 Å². The summed E-state index contributed by atoms with van der Waals surface area (Å²) < 4.78 is 7.05. The lowest BCUT2D eigenvalue weighted by Crippen LogP contribution is -2.29. The van der Waals surface area contributed by atoms with Crippen LogP contribution in [0.4, 0.5) is 0 Å². The van der Waals surface area contributed by atoms with Gasteiger partial charge in [-0.2, -0.15) is 5.10 Å². The fourth-order valence-electron chi connectivity index (χ4n) is 2.45. The van der Waals surface area contributed by atoms with Gasteiger partial charge in [0.15, 0.2) is 5.69 Å². The maximum Gasteiger partial charge on any atom is 0.359 e. The molecule has 1 N–H and O–H groups in total. The molecule has 1 aliphatic heterocycles. The van der Waals surface area contributed by atoms with Crippen LogP contribution < -0.4 is 5.32 Å². The number of nitrogens with one attached hydrogen (secondary N) is 1. The Kier molecular flexibility index (Phi) is 5.38. The summed E-state index contributed by atoms with van der Waals surface area (Å²) in [6.07, 6.45) is 0. The quantitative estimate of drug-likeness (QED) is 0.867. The fraction of sp³-hybridized carbons (Fsp3) is 0.692. The van der Waals surface area contributed by atoms with Crippen molar-refractivity contribution >= 4 is 18.4 Å². The van der Waals surface area contributed by atoms with Gasteiger partial charge in [0.1, 0.15) is 0 Å². The van der Waals surface area contributed by atoms with E-state index in [1.165, 1.54) is 5.69 Å². The van der Waals surface area contributed by atoms with Crippen LogP contribution in [-0.2, 0) is 11.3 Å². The molecule has 0 unspecified atom stereocenters. The summed E-state index contributed by atoms with van der Waals surface area (Å²) >= 11 is 0. The zero-order valence-electron chi connectivity index (χ0n) is 11.9. The molecule has 0 aromatic carbocycles. The van der Waals surface area contributed by atoms with Gasteiger partial charge in [0.2, 0.25) is 0 Å². The highest BCUT2D eigenvalue weighted by molar-refractivity contribution is 5.89. The van der Waals surface area contributed by atoms with Crippen molar-refractivity contribution in [3.8, 4) is 0 Å². The summed E-state index contributed by atoms with van der Waals surface area (Å²) in [5.74, 6) is 0.0517. The Bertz CT molecular complexity index is 457. The molecule has 1 aliphatic rings. The maximum atomic E-state index is 11.9. The zero-order chi connectivity index (χ0) is 13.3. The Hall–Kier alpha value is -1.07. The number of esters is 1. The Morgan fingerprint density at radius 1 is 1.58 bits per heavy atom. The highest BCUT2D eigenvalue weighted by Gasteiger charge is 2.29. The smallest absolute Gasteiger partial charge is 0.359 e. The molecule has 0 aliphatic carbocycles. The van der Waals surface area contributed by atoms with Crippen LogP contribution in [0.1, 0.15) is 61.4 Å². The molecule has 2 rings (SSSR count). The second-order valence-electron chi connectivity index (χ2n) is 5.00. The fourth-order valence-corrected chi connectivity index (χ4v) is 2.45. The first-order valence-corrected chi connectivity index (χ1v) is 6.55. The molecule has 1 aromatic rings. The van der Waals surface area contributed by atoms with E-state index in [0.717, 1.165) is 12.1 Å². The van der Waals surface area contributed by atoms with E-state index in [1.807, 2.05) is 11.6 Å². The average molecular weight is 288 g/mol. The van der Waals surface area contributed by atoms with E-state index in [1.54, 1.807) is 0 Å². The van der Waals surface area contributed by atoms with Gasteiger partial charge in [-0.15, -0.1) is 12.4 Å². The molecule has 0 fully saturated rings. The van der Waals surface area contributed by atoms with Crippen LogP contribution in [0.15, 0.2) is 0 Å². The van der Waals surface area contributed by atoms with Gasteiger partial charge in [-0.1, -0.05) is 6.92 Å². The third kappa shape index (κ3) is 2.92. The molecule has 1 atom stereocenters. The molecule has 2 heterocycles. The molecule has 0 amide bonds. The number of aromatic nitrogens is 2. The Morgan fingerprint density at radius 2 is 2.26 bits per heavy atom. The second-order valence-corrected chi connectivity index (χ2v) is 5.00. The standard InChI is InChI=1S/C13H21N3O2.ClH/c1-5-18-13(17)11-10-7-14-6-9(4)12(10)16(15-11)8(2)3;/h8-9,14H,5-7H2,1-4H3;1H/t9-;/m1./s1. The number of halogens is 1. The first-order valence-electron chi connectivity index (χ1n) is 6.55. The molecule has 0 bridgehead atoms. The van der Waals surface area contributed by atoms with E-state index < -0.39 is 0 Å². The van der Waals surface area contributed by atoms with Crippen LogP contribution in [-0.4, -0.2) is 28.9 Å². The van der Waals surface area contributed by atoms with Crippen LogP contribution in [0, 0.1) is 0 Å². The number of ether oxygens (including phenoxy) is 1. The van der Waals surface area contributed by atoms with Crippen molar-refractivity contribution in [1.82, 2.24) is 15.1 Å². The van der Waals surface area contributed by atoms with Gasteiger partial charge in [-0.25, -0.2) is 4.79 Å². The Morgan fingerprint density at radius 3 is 2.84 bits per heavy atom. The molecular weight excluding hydrogens is 266 g/mol. The van der Waals surface area contributed by atoms with E-state index in [9.17, 15) is 4.79 Å². The van der Waals surface area contributed by atoms with Crippen LogP contribution in [0.25, 0.3) is 0 Å².